The molecule has 90 valence electrons. The second-order valence-corrected chi connectivity index (χ2v) is 4.05. The number of hydrogen-bond donors (Lipinski definition) is 1. The van der Waals surface area contributed by atoms with Gasteiger partial charge >= 0.3 is 0 Å². The van der Waals surface area contributed by atoms with Gasteiger partial charge in [0.15, 0.2) is 0 Å². The number of rotatable bonds is 7. The van der Waals surface area contributed by atoms with Crippen molar-refractivity contribution in [2.24, 2.45) is 0 Å². The van der Waals surface area contributed by atoms with Crippen LogP contribution in [0.4, 0.5) is 0 Å². The summed E-state index contributed by atoms with van der Waals surface area (Å²) >= 11 is 0. The molecule has 1 heterocycles. The minimum absolute atomic E-state index is 0.640. The first-order chi connectivity index (χ1) is 7.34. The second-order valence-electron chi connectivity index (χ2n) is 4.05. The molecular weight excluding hydrogens is 192 g/mol. The van der Waals surface area contributed by atoms with Gasteiger partial charge in [-0.25, -0.2) is 0 Å². The van der Waals surface area contributed by atoms with Gasteiger partial charge in [-0.1, -0.05) is 0 Å². The van der Waals surface area contributed by atoms with Crippen LogP contribution in [0.5, 0.6) is 0 Å². The van der Waals surface area contributed by atoms with Crippen molar-refractivity contribution in [3.05, 3.63) is 0 Å². The fraction of sp³-hybridized carbons (Fsp3) is 1.00. The van der Waals surface area contributed by atoms with Crippen molar-refractivity contribution < 1.29 is 9.47 Å². The summed E-state index contributed by atoms with van der Waals surface area (Å²) in [6, 6.07) is 0.640. The van der Waals surface area contributed by atoms with E-state index in [1.807, 2.05) is 0 Å². The van der Waals surface area contributed by atoms with Gasteiger partial charge in [-0.3, -0.25) is 4.90 Å². The number of nitrogens with zero attached hydrogens (tertiary/aromatic N) is 1. The lowest BCUT2D eigenvalue weighted by atomic mass is 10.2. The Labute approximate surface area is 92.9 Å². The van der Waals surface area contributed by atoms with Crippen LogP contribution in [0.3, 0.4) is 0 Å². The molecule has 1 aliphatic heterocycles. The zero-order valence-corrected chi connectivity index (χ0v) is 10.00. The van der Waals surface area contributed by atoms with Crippen LogP contribution in [0, 0.1) is 0 Å². The van der Waals surface area contributed by atoms with Gasteiger partial charge in [-0.2, -0.15) is 0 Å². The van der Waals surface area contributed by atoms with Crippen molar-refractivity contribution in [2.75, 3.05) is 53.1 Å². The quantitative estimate of drug-likeness (QED) is 0.622. The molecule has 0 radical (unpaired) electrons. The van der Waals surface area contributed by atoms with E-state index >= 15 is 0 Å². The lowest BCUT2D eigenvalue weighted by molar-refractivity contribution is 0.0682. The average molecular weight is 216 g/mol. The Morgan fingerprint density at radius 1 is 1.33 bits per heavy atom. The van der Waals surface area contributed by atoms with E-state index in [2.05, 4.69) is 17.1 Å². The van der Waals surface area contributed by atoms with E-state index in [1.165, 1.54) is 0 Å². The first kappa shape index (κ1) is 12.9. The highest BCUT2D eigenvalue weighted by molar-refractivity contribution is 4.75. The maximum atomic E-state index is 5.54. The minimum atomic E-state index is 0.640. The molecule has 1 N–H and O–H groups in total. The molecule has 0 saturated carbocycles. The summed E-state index contributed by atoms with van der Waals surface area (Å²) in [6.45, 7) is 9.11. The molecule has 0 spiro atoms. The van der Waals surface area contributed by atoms with E-state index in [4.69, 9.17) is 9.47 Å². The normalized spacial score (nSPS) is 23.2. The Balaban J connectivity index is 1.94. The van der Waals surface area contributed by atoms with Crippen LogP contribution in [0.1, 0.15) is 13.3 Å². The number of ether oxygens (including phenoxy) is 2. The van der Waals surface area contributed by atoms with Gasteiger partial charge in [-0.15, -0.1) is 0 Å². The van der Waals surface area contributed by atoms with E-state index in [0.717, 1.165) is 52.4 Å². The summed E-state index contributed by atoms with van der Waals surface area (Å²) in [5.41, 5.74) is 0. The Bertz CT molecular complexity index is 156. The highest BCUT2D eigenvalue weighted by Crippen LogP contribution is 2.01. The highest BCUT2D eigenvalue weighted by Gasteiger charge is 2.16. The van der Waals surface area contributed by atoms with Crippen molar-refractivity contribution in [3.8, 4) is 0 Å². The zero-order chi connectivity index (χ0) is 10.9. The monoisotopic (exact) mass is 216 g/mol. The molecule has 15 heavy (non-hydrogen) atoms. The SMILES string of the molecule is COCCCOCCN1CCNC[C@@H]1C. The van der Waals surface area contributed by atoms with E-state index in [1.54, 1.807) is 7.11 Å². The zero-order valence-electron chi connectivity index (χ0n) is 10.00. The topological polar surface area (TPSA) is 33.7 Å². The van der Waals surface area contributed by atoms with E-state index in [-0.39, 0.29) is 0 Å². The second kappa shape index (κ2) is 8.05. The van der Waals surface area contributed by atoms with Crippen LogP contribution in [0.2, 0.25) is 0 Å². The smallest absolute Gasteiger partial charge is 0.0593 e. The van der Waals surface area contributed by atoms with Crippen molar-refractivity contribution in [2.45, 2.75) is 19.4 Å². The fourth-order valence-corrected chi connectivity index (χ4v) is 1.80. The molecule has 1 atom stereocenters. The molecule has 1 aliphatic rings. The average Bonchev–Trinajstić information content (AvgIpc) is 2.25. The summed E-state index contributed by atoms with van der Waals surface area (Å²) in [5.74, 6) is 0. The summed E-state index contributed by atoms with van der Waals surface area (Å²) < 4.78 is 10.5. The van der Waals surface area contributed by atoms with Crippen LogP contribution >= 0.6 is 0 Å². The lowest BCUT2D eigenvalue weighted by Gasteiger charge is -2.33. The standard InChI is InChI=1S/C11H24N2O2/c1-11-10-12-4-5-13(11)6-9-15-8-3-7-14-2/h11-12H,3-10H2,1-2H3/t11-/m0/s1. The third-order valence-electron chi connectivity index (χ3n) is 2.80. The maximum Gasteiger partial charge on any atom is 0.0593 e. The molecule has 0 aromatic carbocycles. The molecule has 0 aromatic rings. The van der Waals surface area contributed by atoms with Gasteiger partial charge in [0.1, 0.15) is 0 Å². The molecule has 4 nitrogen and oxygen atoms in total. The van der Waals surface area contributed by atoms with Crippen LogP contribution < -0.4 is 5.32 Å². The van der Waals surface area contributed by atoms with Gasteiger partial charge in [0.2, 0.25) is 0 Å². The third-order valence-corrected chi connectivity index (χ3v) is 2.80. The Morgan fingerprint density at radius 3 is 2.93 bits per heavy atom. The fourth-order valence-electron chi connectivity index (χ4n) is 1.80. The molecule has 1 fully saturated rings. The molecule has 0 unspecified atom stereocenters. The number of nitrogens with one attached hydrogen (secondary N) is 1. The third kappa shape index (κ3) is 5.47. The maximum absolute atomic E-state index is 5.54. The van der Waals surface area contributed by atoms with Crippen LogP contribution in [-0.4, -0.2) is 64.1 Å². The highest BCUT2D eigenvalue weighted by atomic mass is 16.5. The van der Waals surface area contributed by atoms with Crippen molar-refractivity contribution >= 4 is 0 Å². The Morgan fingerprint density at radius 2 is 2.20 bits per heavy atom. The number of methoxy groups -OCH3 is 1. The van der Waals surface area contributed by atoms with Gasteiger partial charge < -0.3 is 14.8 Å². The first-order valence-electron chi connectivity index (χ1n) is 5.86. The van der Waals surface area contributed by atoms with Gasteiger partial charge in [0.05, 0.1) is 6.61 Å². The molecular formula is C11H24N2O2. The summed E-state index contributed by atoms with van der Waals surface area (Å²) in [7, 11) is 1.72. The Kier molecular flexibility index (Phi) is 6.92. The molecule has 4 heteroatoms. The van der Waals surface area contributed by atoms with Gasteiger partial charge in [-0.05, 0) is 13.3 Å². The van der Waals surface area contributed by atoms with Crippen molar-refractivity contribution in [1.29, 1.82) is 0 Å². The van der Waals surface area contributed by atoms with Gasteiger partial charge in [0, 0.05) is 52.5 Å². The van der Waals surface area contributed by atoms with Gasteiger partial charge in [0.25, 0.3) is 0 Å². The van der Waals surface area contributed by atoms with Crippen LogP contribution in [0.15, 0.2) is 0 Å². The molecule has 0 bridgehead atoms. The molecule has 0 aromatic heterocycles. The first-order valence-corrected chi connectivity index (χ1v) is 5.86. The number of piperazine rings is 1. The lowest BCUT2D eigenvalue weighted by Crippen LogP contribution is -2.50. The molecule has 0 aliphatic carbocycles. The summed E-state index contributed by atoms with van der Waals surface area (Å²) in [6.07, 6.45) is 0.994. The largest absolute Gasteiger partial charge is 0.385 e. The van der Waals surface area contributed by atoms with Crippen molar-refractivity contribution in [1.82, 2.24) is 10.2 Å². The van der Waals surface area contributed by atoms with Crippen molar-refractivity contribution in [3.63, 3.8) is 0 Å². The van der Waals surface area contributed by atoms with E-state index in [9.17, 15) is 0 Å². The van der Waals surface area contributed by atoms with Crippen LogP contribution in [0.25, 0.3) is 0 Å². The van der Waals surface area contributed by atoms with E-state index < -0.39 is 0 Å². The predicted octanol–water partition coefficient (Wildman–Crippen LogP) is 0.333. The summed E-state index contributed by atoms with van der Waals surface area (Å²) in [5, 5.41) is 3.38. The van der Waals surface area contributed by atoms with Crippen LogP contribution in [-0.2, 0) is 9.47 Å². The predicted molar refractivity (Wildman–Crippen MR) is 61.2 cm³/mol. The minimum Gasteiger partial charge on any atom is -0.385 e. The Hall–Kier alpha value is -0.160. The molecule has 1 rings (SSSR count). The molecule has 1 saturated heterocycles. The van der Waals surface area contributed by atoms with E-state index in [0.29, 0.717) is 6.04 Å². The molecule has 0 amide bonds. The number of hydrogen-bond acceptors (Lipinski definition) is 4. The summed E-state index contributed by atoms with van der Waals surface area (Å²) in [4.78, 5) is 2.48.